The van der Waals surface area contributed by atoms with E-state index in [0.717, 1.165) is 0 Å². The second-order valence-corrected chi connectivity index (χ2v) is 6.81. The first-order valence-electron chi connectivity index (χ1n) is 6.66. The zero-order valence-electron chi connectivity index (χ0n) is 12.2. The molecule has 110 valence electrons. The summed E-state index contributed by atoms with van der Waals surface area (Å²) in [5, 5.41) is 0. The average Bonchev–Trinajstić information content (AvgIpc) is 2.42. The molecule has 20 heavy (non-hydrogen) atoms. The highest BCUT2D eigenvalue weighted by Crippen LogP contribution is 2.15. The first kappa shape index (κ1) is 16.7. The van der Waals surface area contributed by atoms with Crippen molar-refractivity contribution in [1.29, 1.82) is 0 Å². The molecule has 0 saturated heterocycles. The van der Waals surface area contributed by atoms with Gasteiger partial charge < -0.3 is 5.73 Å². The van der Waals surface area contributed by atoms with Crippen molar-refractivity contribution in [1.82, 2.24) is 4.72 Å². The van der Waals surface area contributed by atoms with Gasteiger partial charge in [-0.3, -0.25) is 0 Å². The summed E-state index contributed by atoms with van der Waals surface area (Å²) in [6.45, 7) is 6.78. The molecule has 0 aliphatic carbocycles. The third-order valence-corrected chi connectivity index (χ3v) is 4.72. The summed E-state index contributed by atoms with van der Waals surface area (Å²) in [5.41, 5.74) is 5.80. The molecule has 0 bridgehead atoms. The van der Waals surface area contributed by atoms with Gasteiger partial charge in [-0.25, -0.2) is 13.1 Å². The van der Waals surface area contributed by atoms with Gasteiger partial charge in [-0.1, -0.05) is 44.7 Å². The second kappa shape index (κ2) is 7.44. The number of benzene rings is 1. The maximum atomic E-state index is 12.3. The summed E-state index contributed by atoms with van der Waals surface area (Å²) in [4.78, 5) is 0.205. The topological polar surface area (TPSA) is 72.2 Å². The van der Waals surface area contributed by atoms with E-state index in [0.29, 0.717) is 18.0 Å². The van der Waals surface area contributed by atoms with Gasteiger partial charge in [-0.05, 0) is 24.0 Å². The van der Waals surface area contributed by atoms with Crippen LogP contribution in [0.5, 0.6) is 0 Å². The number of sulfonamides is 1. The highest BCUT2D eigenvalue weighted by molar-refractivity contribution is 7.89. The normalized spacial score (nSPS) is 12.8. The lowest BCUT2D eigenvalue weighted by Gasteiger charge is -2.16. The Morgan fingerprint density at radius 3 is 2.50 bits per heavy atom. The average molecular weight is 294 g/mol. The van der Waals surface area contributed by atoms with E-state index in [2.05, 4.69) is 30.4 Å². The molecule has 0 aliphatic rings. The quantitative estimate of drug-likeness (QED) is 0.810. The van der Waals surface area contributed by atoms with Crippen molar-refractivity contribution >= 4 is 10.0 Å². The molecule has 5 heteroatoms. The first-order valence-corrected chi connectivity index (χ1v) is 8.14. The fraction of sp³-hybridized carbons (Fsp3) is 0.467. The summed E-state index contributed by atoms with van der Waals surface area (Å²) in [7, 11) is -3.54. The summed E-state index contributed by atoms with van der Waals surface area (Å²) < 4.78 is 27.3. The van der Waals surface area contributed by atoms with Gasteiger partial charge in [0.1, 0.15) is 0 Å². The lowest BCUT2D eigenvalue weighted by molar-refractivity contribution is 0.414. The molecule has 4 nitrogen and oxygen atoms in total. The fourth-order valence-electron chi connectivity index (χ4n) is 1.51. The van der Waals surface area contributed by atoms with E-state index in [9.17, 15) is 8.42 Å². The zero-order chi connectivity index (χ0) is 15.2. The zero-order valence-corrected chi connectivity index (χ0v) is 13.0. The molecule has 1 rings (SSSR count). The Morgan fingerprint density at radius 2 is 1.90 bits per heavy atom. The van der Waals surface area contributed by atoms with Crippen LogP contribution in [0.3, 0.4) is 0 Å². The van der Waals surface area contributed by atoms with Gasteiger partial charge >= 0.3 is 0 Å². The number of hydrogen-bond acceptors (Lipinski definition) is 3. The van der Waals surface area contributed by atoms with Crippen molar-refractivity contribution in [2.24, 2.45) is 17.6 Å². The van der Waals surface area contributed by atoms with Gasteiger partial charge in [0.25, 0.3) is 0 Å². The number of nitrogens with two attached hydrogens (primary N) is 1. The minimum Gasteiger partial charge on any atom is -0.320 e. The Hall–Kier alpha value is -1.35. The van der Waals surface area contributed by atoms with E-state index in [1.807, 2.05) is 6.92 Å². The third-order valence-electron chi connectivity index (χ3n) is 3.24. The molecule has 1 aromatic rings. The molecule has 0 aromatic heterocycles. The molecule has 1 atom stereocenters. The van der Waals surface area contributed by atoms with Crippen LogP contribution < -0.4 is 10.5 Å². The van der Waals surface area contributed by atoms with Crippen LogP contribution in [0.2, 0.25) is 0 Å². The molecule has 0 fully saturated rings. The van der Waals surface area contributed by atoms with Crippen molar-refractivity contribution < 1.29 is 8.42 Å². The SMILES string of the molecule is CC(C)C(C)CNS(=O)(=O)c1ccccc1C#CCN. The number of nitrogens with one attached hydrogen (secondary N) is 1. The van der Waals surface area contributed by atoms with E-state index < -0.39 is 10.0 Å². The molecular weight excluding hydrogens is 272 g/mol. The smallest absolute Gasteiger partial charge is 0.241 e. The molecule has 1 unspecified atom stereocenters. The Kier molecular flexibility index (Phi) is 6.21. The van der Waals surface area contributed by atoms with E-state index in [-0.39, 0.29) is 17.4 Å². The van der Waals surface area contributed by atoms with Crippen LogP contribution in [0.1, 0.15) is 26.3 Å². The maximum Gasteiger partial charge on any atom is 0.241 e. The first-order chi connectivity index (χ1) is 9.38. The predicted molar refractivity (Wildman–Crippen MR) is 81.6 cm³/mol. The van der Waals surface area contributed by atoms with Crippen LogP contribution in [-0.4, -0.2) is 21.5 Å². The van der Waals surface area contributed by atoms with Crippen molar-refractivity contribution in [3.63, 3.8) is 0 Å². The van der Waals surface area contributed by atoms with Crippen LogP contribution >= 0.6 is 0 Å². The van der Waals surface area contributed by atoms with Gasteiger partial charge in [-0.2, -0.15) is 0 Å². The Labute approximate surface area is 121 Å². The summed E-state index contributed by atoms with van der Waals surface area (Å²) >= 11 is 0. The second-order valence-electron chi connectivity index (χ2n) is 5.08. The van der Waals surface area contributed by atoms with Crippen LogP contribution in [-0.2, 0) is 10.0 Å². The maximum absolute atomic E-state index is 12.3. The van der Waals surface area contributed by atoms with E-state index in [1.165, 1.54) is 0 Å². The van der Waals surface area contributed by atoms with Gasteiger partial charge in [0.15, 0.2) is 0 Å². The van der Waals surface area contributed by atoms with Gasteiger partial charge in [0, 0.05) is 12.1 Å². The van der Waals surface area contributed by atoms with Crippen LogP contribution in [0.15, 0.2) is 29.2 Å². The van der Waals surface area contributed by atoms with Gasteiger partial charge in [0.05, 0.1) is 11.4 Å². The molecule has 0 saturated carbocycles. The summed E-state index contributed by atoms with van der Waals surface area (Å²) in [6, 6.07) is 6.69. The van der Waals surface area contributed by atoms with Crippen molar-refractivity contribution in [3.05, 3.63) is 29.8 Å². The Bertz CT molecular complexity index is 598. The predicted octanol–water partition coefficient (Wildman–Crippen LogP) is 1.57. The highest BCUT2D eigenvalue weighted by Gasteiger charge is 2.18. The minimum atomic E-state index is -3.54. The summed E-state index contributed by atoms with van der Waals surface area (Å²) in [6.07, 6.45) is 0. The van der Waals surface area contributed by atoms with Crippen LogP contribution in [0.25, 0.3) is 0 Å². The lowest BCUT2D eigenvalue weighted by atomic mass is 9.99. The van der Waals surface area contributed by atoms with Crippen LogP contribution in [0, 0.1) is 23.7 Å². The van der Waals surface area contributed by atoms with Crippen molar-refractivity contribution in [2.75, 3.05) is 13.1 Å². The number of rotatable bonds is 5. The molecule has 0 amide bonds. The molecule has 3 N–H and O–H groups in total. The van der Waals surface area contributed by atoms with Gasteiger partial charge in [0.2, 0.25) is 10.0 Å². The molecular formula is C15H22N2O2S. The fourth-order valence-corrected chi connectivity index (χ4v) is 2.81. The molecule has 0 radical (unpaired) electrons. The van der Waals surface area contributed by atoms with E-state index >= 15 is 0 Å². The lowest BCUT2D eigenvalue weighted by Crippen LogP contribution is -2.30. The summed E-state index contributed by atoms with van der Waals surface area (Å²) in [5.74, 6) is 6.17. The van der Waals surface area contributed by atoms with Crippen molar-refractivity contribution in [2.45, 2.75) is 25.7 Å². The van der Waals surface area contributed by atoms with E-state index in [4.69, 9.17) is 5.73 Å². The number of hydrogen-bond donors (Lipinski definition) is 2. The molecule has 0 spiro atoms. The highest BCUT2D eigenvalue weighted by atomic mass is 32.2. The monoisotopic (exact) mass is 294 g/mol. The molecule has 0 aliphatic heterocycles. The van der Waals surface area contributed by atoms with Crippen molar-refractivity contribution in [3.8, 4) is 11.8 Å². The third kappa shape index (κ3) is 4.64. The standard InChI is InChI=1S/C15H22N2O2S/c1-12(2)13(3)11-17-20(18,19)15-9-5-4-7-14(15)8-6-10-16/h4-5,7,9,12-13,17H,10-11,16H2,1-3H3. The molecule has 1 aromatic carbocycles. The Morgan fingerprint density at radius 1 is 1.25 bits per heavy atom. The van der Waals surface area contributed by atoms with E-state index in [1.54, 1.807) is 24.3 Å². The minimum absolute atomic E-state index is 0.201. The Balaban J connectivity index is 2.98. The molecule has 0 heterocycles. The largest absolute Gasteiger partial charge is 0.320 e. The van der Waals surface area contributed by atoms with Gasteiger partial charge in [-0.15, -0.1) is 0 Å². The van der Waals surface area contributed by atoms with Crippen LogP contribution in [0.4, 0.5) is 0 Å².